The zero-order valence-corrected chi connectivity index (χ0v) is 12.5. The number of amides is 1. The van der Waals surface area contributed by atoms with Gasteiger partial charge < -0.3 is 14.8 Å². The first-order chi connectivity index (χ1) is 10.9. The Morgan fingerprint density at radius 2 is 1.78 bits per heavy atom. The number of anilines is 1. The molecule has 1 aliphatic rings. The second-order valence-corrected chi connectivity index (χ2v) is 4.63. The molecule has 0 unspecified atom stereocenters. The molecule has 1 N–H and O–H groups in total. The second kappa shape index (κ2) is 6.03. The fourth-order valence-corrected chi connectivity index (χ4v) is 2.38. The van der Waals surface area contributed by atoms with E-state index >= 15 is 0 Å². The van der Waals surface area contributed by atoms with E-state index in [1.807, 2.05) is 0 Å². The van der Waals surface area contributed by atoms with Crippen LogP contribution in [0, 0.1) is 10.1 Å². The molecule has 23 heavy (non-hydrogen) atoms. The quantitative estimate of drug-likeness (QED) is 0.369. The fourth-order valence-electron chi connectivity index (χ4n) is 2.38. The second-order valence-electron chi connectivity index (χ2n) is 4.63. The maximum Gasteiger partial charge on any atom is 0.338 e. The lowest BCUT2D eigenvalue weighted by atomic mass is 9.81. The zero-order valence-electron chi connectivity index (χ0n) is 12.5. The first kappa shape index (κ1) is 16.4. The summed E-state index contributed by atoms with van der Waals surface area (Å²) >= 11 is 0. The van der Waals surface area contributed by atoms with Crippen molar-refractivity contribution in [3.63, 3.8) is 0 Å². The van der Waals surface area contributed by atoms with Crippen LogP contribution in [-0.2, 0) is 29.3 Å². The highest BCUT2D eigenvalue weighted by Gasteiger charge is 2.62. The number of nitro benzene ring substituents is 1. The van der Waals surface area contributed by atoms with E-state index < -0.39 is 28.2 Å². The maximum absolute atomic E-state index is 12.4. The molecule has 0 bridgehead atoms. The Hall–Kier alpha value is -2.97. The van der Waals surface area contributed by atoms with Gasteiger partial charge in [0, 0.05) is 17.7 Å². The summed E-state index contributed by atoms with van der Waals surface area (Å²) in [5.41, 5.74) is -2.61. The molecule has 0 aliphatic carbocycles. The molecule has 0 radical (unpaired) electrons. The highest BCUT2D eigenvalue weighted by molar-refractivity contribution is 6.32. The number of hydrogen-bond donors (Lipinski definition) is 1. The first-order valence-corrected chi connectivity index (χ1v) is 6.84. The molecule has 1 aromatic carbocycles. The monoisotopic (exact) mass is 322 g/mol. The van der Waals surface area contributed by atoms with Gasteiger partial charge in [0.15, 0.2) is 0 Å². The Labute approximate surface area is 130 Å². The topological polar surface area (TPSA) is 125 Å². The van der Waals surface area contributed by atoms with Gasteiger partial charge in [-0.1, -0.05) is 0 Å². The predicted molar refractivity (Wildman–Crippen MR) is 76.7 cm³/mol. The Balaban J connectivity index is 2.64. The van der Waals surface area contributed by atoms with Crippen LogP contribution in [0.1, 0.15) is 19.4 Å². The molecule has 0 aromatic heterocycles. The Bertz CT molecular complexity index is 680. The van der Waals surface area contributed by atoms with Crippen molar-refractivity contribution in [2.45, 2.75) is 19.3 Å². The number of nitrogens with zero attached hydrogens (tertiary/aromatic N) is 1. The lowest BCUT2D eigenvalue weighted by Gasteiger charge is -2.22. The molecular weight excluding hydrogens is 308 g/mol. The Kier molecular flexibility index (Phi) is 4.30. The van der Waals surface area contributed by atoms with Crippen LogP contribution in [0.25, 0.3) is 0 Å². The summed E-state index contributed by atoms with van der Waals surface area (Å²) in [6.45, 7) is 2.96. The van der Waals surface area contributed by atoms with Gasteiger partial charge in [0.1, 0.15) is 0 Å². The van der Waals surface area contributed by atoms with Crippen LogP contribution in [0.15, 0.2) is 18.2 Å². The van der Waals surface area contributed by atoms with Crippen LogP contribution < -0.4 is 5.32 Å². The van der Waals surface area contributed by atoms with Crippen LogP contribution in [-0.4, -0.2) is 36.0 Å². The van der Waals surface area contributed by atoms with E-state index in [0.717, 1.165) is 12.1 Å². The lowest BCUT2D eigenvalue weighted by molar-refractivity contribution is -0.384. The van der Waals surface area contributed by atoms with Gasteiger partial charge in [0.25, 0.3) is 17.0 Å². The number of benzene rings is 1. The van der Waals surface area contributed by atoms with Gasteiger partial charge in [-0.3, -0.25) is 14.9 Å². The molecule has 0 saturated heterocycles. The van der Waals surface area contributed by atoms with E-state index in [9.17, 15) is 24.5 Å². The van der Waals surface area contributed by atoms with Gasteiger partial charge in [0.2, 0.25) is 0 Å². The predicted octanol–water partition coefficient (Wildman–Crippen LogP) is 0.911. The molecule has 1 heterocycles. The van der Waals surface area contributed by atoms with Gasteiger partial charge in [-0.05, 0) is 19.9 Å². The summed E-state index contributed by atoms with van der Waals surface area (Å²) in [6, 6.07) is 3.36. The van der Waals surface area contributed by atoms with Crippen molar-refractivity contribution in [2.24, 2.45) is 0 Å². The maximum atomic E-state index is 12.4. The van der Waals surface area contributed by atoms with Crippen molar-refractivity contribution >= 4 is 29.2 Å². The summed E-state index contributed by atoms with van der Waals surface area (Å²) in [4.78, 5) is 47.3. The molecule has 1 aliphatic heterocycles. The van der Waals surface area contributed by atoms with Crippen molar-refractivity contribution in [1.82, 2.24) is 0 Å². The third-order valence-electron chi connectivity index (χ3n) is 3.37. The minimum atomic E-state index is -2.31. The molecular formula is C14H14N2O7. The number of nitro groups is 1. The first-order valence-electron chi connectivity index (χ1n) is 6.84. The van der Waals surface area contributed by atoms with Gasteiger partial charge in [-0.15, -0.1) is 0 Å². The van der Waals surface area contributed by atoms with Crippen LogP contribution in [0.5, 0.6) is 0 Å². The Morgan fingerprint density at radius 3 is 2.26 bits per heavy atom. The highest BCUT2D eigenvalue weighted by Crippen LogP contribution is 2.41. The number of hydrogen-bond acceptors (Lipinski definition) is 7. The normalized spacial score (nSPS) is 14.6. The van der Waals surface area contributed by atoms with E-state index in [1.165, 1.54) is 19.9 Å². The van der Waals surface area contributed by atoms with E-state index in [4.69, 9.17) is 9.47 Å². The summed E-state index contributed by atoms with van der Waals surface area (Å²) < 4.78 is 9.73. The minimum absolute atomic E-state index is 0.00491. The largest absolute Gasteiger partial charge is 0.464 e. The van der Waals surface area contributed by atoms with Crippen LogP contribution in [0.4, 0.5) is 11.4 Å². The number of carbonyl (C=O) groups excluding carboxylic acids is 3. The van der Waals surface area contributed by atoms with Gasteiger partial charge in [-0.25, -0.2) is 9.59 Å². The van der Waals surface area contributed by atoms with E-state index in [2.05, 4.69) is 5.32 Å². The number of rotatable bonds is 5. The average molecular weight is 322 g/mol. The molecule has 122 valence electrons. The van der Waals surface area contributed by atoms with Gasteiger partial charge in [-0.2, -0.15) is 0 Å². The number of ether oxygens (including phenoxy) is 2. The molecule has 0 saturated carbocycles. The van der Waals surface area contributed by atoms with Crippen molar-refractivity contribution in [1.29, 1.82) is 0 Å². The Morgan fingerprint density at radius 1 is 1.22 bits per heavy atom. The van der Waals surface area contributed by atoms with E-state index in [-0.39, 0.29) is 30.2 Å². The molecule has 0 atom stereocenters. The van der Waals surface area contributed by atoms with E-state index in [0.29, 0.717) is 0 Å². The molecule has 1 aromatic rings. The molecule has 1 amide bonds. The van der Waals surface area contributed by atoms with Crippen LogP contribution in [0.3, 0.4) is 0 Å². The smallest absolute Gasteiger partial charge is 0.338 e. The standard InChI is InChI=1S/C14H14N2O7/c1-3-22-12(18)14(13(19)23-4-2)9-6-5-8(16(20)21)7-10(9)15-11(14)17/h5-7H,3-4H2,1-2H3,(H,15,17). The van der Waals surface area contributed by atoms with E-state index in [1.54, 1.807) is 0 Å². The van der Waals surface area contributed by atoms with Crippen LogP contribution in [0.2, 0.25) is 0 Å². The van der Waals surface area contributed by atoms with Crippen molar-refractivity contribution < 1.29 is 28.8 Å². The fraction of sp³-hybridized carbons (Fsp3) is 0.357. The van der Waals surface area contributed by atoms with Crippen LogP contribution >= 0.6 is 0 Å². The van der Waals surface area contributed by atoms with Crippen molar-refractivity contribution in [2.75, 3.05) is 18.5 Å². The molecule has 0 spiro atoms. The number of nitrogens with one attached hydrogen (secondary N) is 1. The summed E-state index contributed by atoms with van der Waals surface area (Å²) in [5, 5.41) is 13.1. The zero-order chi connectivity index (χ0) is 17.2. The lowest BCUT2D eigenvalue weighted by Crippen LogP contribution is -2.51. The van der Waals surface area contributed by atoms with Gasteiger partial charge in [0.05, 0.1) is 23.8 Å². The number of non-ortho nitro benzene ring substituents is 1. The molecule has 9 nitrogen and oxygen atoms in total. The molecule has 2 rings (SSSR count). The summed E-state index contributed by atoms with van der Waals surface area (Å²) in [7, 11) is 0. The third kappa shape index (κ3) is 2.39. The number of fused-ring (bicyclic) bond motifs is 1. The number of esters is 2. The SMILES string of the molecule is CCOC(=O)C1(C(=O)OCC)C(=O)Nc2cc([N+](=O)[O-])ccc21. The average Bonchev–Trinajstić information content (AvgIpc) is 2.79. The highest BCUT2D eigenvalue weighted by atomic mass is 16.6. The molecule has 0 fully saturated rings. The van der Waals surface area contributed by atoms with Gasteiger partial charge >= 0.3 is 11.9 Å². The molecule has 9 heteroatoms. The summed E-state index contributed by atoms with van der Waals surface area (Å²) in [6.07, 6.45) is 0. The number of carbonyl (C=O) groups is 3. The van der Waals surface area contributed by atoms with Crippen molar-refractivity contribution in [3.05, 3.63) is 33.9 Å². The third-order valence-corrected chi connectivity index (χ3v) is 3.37. The summed E-state index contributed by atoms with van der Waals surface area (Å²) in [5.74, 6) is -3.11. The van der Waals surface area contributed by atoms with Crippen molar-refractivity contribution in [3.8, 4) is 0 Å². The minimum Gasteiger partial charge on any atom is -0.464 e.